The van der Waals surface area contributed by atoms with Gasteiger partial charge in [0.1, 0.15) is 11.3 Å². The summed E-state index contributed by atoms with van der Waals surface area (Å²) in [7, 11) is 0. The molecule has 0 radical (unpaired) electrons. The lowest BCUT2D eigenvalue weighted by Crippen LogP contribution is -2.16. The van der Waals surface area contributed by atoms with Crippen molar-refractivity contribution in [3.05, 3.63) is 89.4 Å². The standard InChI is InChI=1S/C30H31N3O3/c1-19-4-3-5-20(2)29(19)32-30(36)26-18-33-17-25(14-15-27(33)31-26)24-12-10-23(11-13-24)22-8-6-21(7-9-22)16-28(34)35/h3-5,10-15,17-18,21-22H,6-9,16H2,1-2H3,(H,32,36)(H,34,35). The smallest absolute Gasteiger partial charge is 0.303 e. The van der Waals surface area contributed by atoms with E-state index in [1.54, 1.807) is 6.20 Å². The number of carbonyl (C=O) groups excluding carboxylic acids is 1. The van der Waals surface area contributed by atoms with Crippen LogP contribution in [0.15, 0.2) is 67.0 Å². The number of amides is 1. The van der Waals surface area contributed by atoms with E-state index in [1.807, 2.05) is 54.8 Å². The van der Waals surface area contributed by atoms with Crippen LogP contribution in [-0.2, 0) is 4.79 Å². The average Bonchev–Trinajstić information content (AvgIpc) is 3.30. The van der Waals surface area contributed by atoms with Crippen molar-refractivity contribution in [2.75, 3.05) is 5.32 Å². The quantitative estimate of drug-likeness (QED) is 0.324. The van der Waals surface area contributed by atoms with Crippen LogP contribution in [-0.4, -0.2) is 26.4 Å². The Morgan fingerprint density at radius 2 is 1.58 bits per heavy atom. The number of para-hydroxylation sites is 1. The van der Waals surface area contributed by atoms with Gasteiger partial charge in [0.15, 0.2) is 0 Å². The molecule has 1 aliphatic carbocycles. The Morgan fingerprint density at radius 3 is 2.25 bits per heavy atom. The van der Waals surface area contributed by atoms with Crippen molar-refractivity contribution in [3.8, 4) is 11.1 Å². The van der Waals surface area contributed by atoms with E-state index in [1.165, 1.54) is 5.56 Å². The predicted octanol–water partition coefficient (Wildman–Crippen LogP) is 6.62. The molecule has 0 unspecified atom stereocenters. The third-order valence-corrected chi connectivity index (χ3v) is 7.43. The van der Waals surface area contributed by atoms with Crippen molar-refractivity contribution in [1.29, 1.82) is 0 Å². The lowest BCUT2D eigenvalue weighted by atomic mass is 9.77. The van der Waals surface area contributed by atoms with Gasteiger partial charge in [0.2, 0.25) is 0 Å². The Morgan fingerprint density at radius 1 is 0.917 bits per heavy atom. The number of imidazole rings is 1. The fraction of sp³-hybridized carbons (Fsp3) is 0.300. The minimum atomic E-state index is -0.688. The van der Waals surface area contributed by atoms with Crippen LogP contribution in [0.1, 0.15) is 65.2 Å². The zero-order valence-corrected chi connectivity index (χ0v) is 20.7. The maximum atomic E-state index is 12.9. The van der Waals surface area contributed by atoms with Crippen molar-refractivity contribution >= 4 is 23.2 Å². The first kappa shape index (κ1) is 23.8. The van der Waals surface area contributed by atoms with Crippen molar-refractivity contribution in [2.24, 2.45) is 5.92 Å². The highest BCUT2D eigenvalue weighted by molar-refractivity contribution is 6.04. The predicted molar refractivity (Wildman–Crippen MR) is 141 cm³/mol. The van der Waals surface area contributed by atoms with E-state index in [2.05, 4.69) is 34.6 Å². The second kappa shape index (κ2) is 9.97. The first-order valence-corrected chi connectivity index (χ1v) is 12.6. The summed E-state index contributed by atoms with van der Waals surface area (Å²) < 4.78 is 1.90. The fourth-order valence-electron chi connectivity index (χ4n) is 5.36. The molecule has 0 aliphatic heterocycles. The highest BCUT2D eigenvalue weighted by atomic mass is 16.4. The number of carboxylic acids is 1. The number of fused-ring (bicyclic) bond motifs is 1. The van der Waals surface area contributed by atoms with Crippen LogP contribution in [0.4, 0.5) is 5.69 Å². The monoisotopic (exact) mass is 481 g/mol. The largest absolute Gasteiger partial charge is 0.481 e. The number of benzene rings is 2. The molecule has 1 aliphatic rings. The number of carboxylic acid groups (broad SMARTS) is 1. The molecule has 1 saturated carbocycles. The van der Waals surface area contributed by atoms with Crippen LogP contribution >= 0.6 is 0 Å². The zero-order valence-electron chi connectivity index (χ0n) is 20.7. The summed E-state index contributed by atoms with van der Waals surface area (Å²) in [5.41, 5.74) is 7.45. The van der Waals surface area contributed by atoms with E-state index in [-0.39, 0.29) is 12.3 Å². The van der Waals surface area contributed by atoms with Crippen LogP contribution in [0, 0.1) is 19.8 Å². The molecule has 2 aromatic carbocycles. The van der Waals surface area contributed by atoms with E-state index in [4.69, 9.17) is 5.11 Å². The maximum Gasteiger partial charge on any atom is 0.303 e. The minimum Gasteiger partial charge on any atom is -0.481 e. The van der Waals surface area contributed by atoms with Gasteiger partial charge in [-0.1, -0.05) is 42.5 Å². The molecule has 36 heavy (non-hydrogen) atoms. The second-order valence-corrected chi connectivity index (χ2v) is 9.97. The number of aryl methyl sites for hydroxylation is 2. The molecule has 1 fully saturated rings. The molecule has 2 N–H and O–H groups in total. The molecule has 2 heterocycles. The summed E-state index contributed by atoms with van der Waals surface area (Å²) in [6, 6.07) is 18.6. The summed E-state index contributed by atoms with van der Waals surface area (Å²) in [4.78, 5) is 28.4. The summed E-state index contributed by atoms with van der Waals surface area (Å²) in [5.74, 6) is -0.0993. The van der Waals surface area contributed by atoms with Crippen molar-refractivity contribution < 1.29 is 14.7 Å². The number of anilines is 1. The van der Waals surface area contributed by atoms with E-state index in [9.17, 15) is 9.59 Å². The third-order valence-electron chi connectivity index (χ3n) is 7.43. The van der Waals surface area contributed by atoms with Crippen molar-refractivity contribution in [1.82, 2.24) is 9.38 Å². The van der Waals surface area contributed by atoms with Gasteiger partial charge in [0.05, 0.1) is 0 Å². The molecule has 0 saturated heterocycles. The Hall–Kier alpha value is -3.93. The summed E-state index contributed by atoms with van der Waals surface area (Å²) in [5, 5.41) is 12.0. The molecule has 6 heteroatoms. The van der Waals surface area contributed by atoms with E-state index >= 15 is 0 Å². The highest BCUT2D eigenvalue weighted by Gasteiger charge is 2.24. The Kier molecular flexibility index (Phi) is 6.59. The van der Waals surface area contributed by atoms with Gasteiger partial charge in [-0.3, -0.25) is 9.59 Å². The molecule has 0 atom stereocenters. The van der Waals surface area contributed by atoms with Crippen LogP contribution in [0.25, 0.3) is 16.8 Å². The number of rotatable bonds is 6. The second-order valence-electron chi connectivity index (χ2n) is 9.97. The Balaban J connectivity index is 1.29. The third kappa shape index (κ3) is 5.03. The molecule has 1 amide bonds. The highest BCUT2D eigenvalue weighted by Crippen LogP contribution is 2.37. The van der Waals surface area contributed by atoms with E-state index in [0.29, 0.717) is 17.5 Å². The molecule has 0 spiro atoms. The van der Waals surface area contributed by atoms with Gasteiger partial charge in [-0.15, -0.1) is 0 Å². The molecule has 184 valence electrons. The number of aromatic nitrogens is 2. The molecular formula is C30H31N3O3. The fourth-order valence-corrected chi connectivity index (χ4v) is 5.36. The van der Waals surface area contributed by atoms with Gasteiger partial charge in [-0.2, -0.15) is 0 Å². The van der Waals surface area contributed by atoms with Gasteiger partial charge in [-0.05, 0) is 91.3 Å². The van der Waals surface area contributed by atoms with Crippen molar-refractivity contribution in [2.45, 2.75) is 51.9 Å². The van der Waals surface area contributed by atoms with Crippen LogP contribution in [0.3, 0.4) is 0 Å². The normalized spacial score (nSPS) is 17.7. The Bertz CT molecular complexity index is 1390. The molecule has 4 aromatic rings. The molecular weight excluding hydrogens is 450 g/mol. The lowest BCUT2D eigenvalue weighted by molar-refractivity contribution is -0.138. The number of hydrogen-bond donors (Lipinski definition) is 2. The van der Waals surface area contributed by atoms with Crippen molar-refractivity contribution in [3.63, 3.8) is 0 Å². The van der Waals surface area contributed by atoms with Gasteiger partial charge < -0.3 is 14.8 Å². The van der Waals surface area contributed by atoms with Crippen LogP contribution < -0.4 is 5.32 Å². The molecule has 5 rings (SSSR count). The SMILES string of the molecule is Cc1cccc(C)c1NC(=O)c1cn2cc(-c3ccc(C4CCC(CC(=O)O)CC4)cc3)ccc2n1. The van der Waals surface area contributed by atoms with Crippen LogP contribution in [0.5, 0.6) is 0 Å². The van der Waals surface area contributed by atoms with Gasteiger partial charge >= 0.3 is 5.97 Å². The number of pyridine rings is 1. The number of nitrogens with zero attached hydrogens (tertiary/aromatic N) is 2. The zero-order chi connectivity index (χ0) is 25.2. The number of carbonyl (C=O) groups is 2. The lowest BCUT2D eigenvalue weighted by Gasteiger charge is -2.28. The van der Waals surface area contributed by atoms with Gasteiger partial charge in [-0.25, -0.2) is 4.98 Å². The molecule has 0 bridgehead atoms. The van der Waals surface area contributed by atoms with E-state index < -0.39 is 5.97 Å². The molecule has 2 aromatic heterocycles. The maximum absolute atomic E-state index is 12.9. The van der Waals surface area contributed by atoms with Gasteiger partial charge in [0, 0.05) is 24.5 Å². The number of aliphatic carboxylic acids is 1. The summed E-state index contributed by atoms with van der Waals surface area (Å²) in [6.45, 7) is 3.96. The first-order chi connectivity index (χ1) is 17.4. The summed E-state index contributed by atoms with van der Waals surface area (Å²) in [6.07, 6.45) is 8.12. The van der Waals surface area contributed by atoms with Crippen LogP contribution in [0.2, 0.25) is 0 Å². The number of nitrogens with one attached hydrogen (secondary N) is 1. The Labute approximate surface area is 211 Å². The summed E-state index contributed by atoms with van der Waals surface area (Å²) >= 11 is 0. The topological polar surface area (TPSA) is 83.7 Å². The number of hydrogen-bond acceptors (Lipinski definition) is 3. The van der Waals surface area contributed by atoms with Gasteiger partial charge in [0.25, 0.3) is 5.91 Å². The van der Waals surface area contributed by atoms with E-state index in [0.717, 1.165) is 59.3 Å². The minimum absolute atomic E-state index is 0.222. The molecule has 6 nitrogen and oxygen atoms in total. The first-order valence-electron chi connectivity index (χ1n) is 12.6. The average molecular weight is 482 g/mol.